The summed E-state index contributed by atoms with van der Waals surface area (Å²) >= 11 is 5.88. The lowest BCUT2D eigenvalue weighted by Gasteiger charge is -2.08. The third kappa shape index (κ3) is 3.16. The smallest absolute Gasteiger partial charge is 0.358 e. The monoisotopic (exact) mass is 307 g/mol. The lowest BCUT2D eigenvalue weighted by atomic mass is 10.2. The fourth-order valence-electron chi connectivity index (χ4n) is 2.21. The molecule has 1 aliphatic carbocycles. The van der Waals surface area contributed by atoms with Gasteiger partial charge in [0.15, 0.2) is 5.69 Å². The molecule has 21 heavy (non-hydrogen) atoms. The van der Waals surface area contributed by atoms with E-state index in [9.17, 15) is 4.79 Å². The molecule has 6 nitrogen and oxygen atoms in total. The zero-order valence-corrected chi connectivity index (χ0v) is 12.0. The lowest BCUT2D eigenvalue weighted by Crippen LogP contribution is -2.13. The molecule has 1 heterocycles. The quantitative estimate of drug-likeness (QED) is 0.887. The molecule has 1 fully saturated rings. The maximum absolute atomic E-state index is 11.1. The summed E-state index contributed by atoms with van der Waals surface area (Å²) in [5.41, 5.74) is 0.762. The number of ether oxygens (including phenoxy) is 1. The molecule has 0 amide bonds. The van der Waals surface area contributed by atoms with Gasteiger partial charge in [0.1, 0.15) is 12.4 Å². The average molecular weight is 308 g/mol. The number of nitrogens with zero attached hydrogens (tertiary/aromatic N) is 3. The van der Waals surface area contributed by atoms with E-state index in [0.29, 0.717) is 29.6 Å². The van der Waals surface area contributed by atoms with Gasteiger partial charge in [-0.05, 0) is 31.0 Å². The number of halogens is 1. The van der Waals surface area contributed by atoms with Crippen LogP contribution in [0, 0.1) is 0 Å². The third-order valence-corrected chi connectivity index (χ3v) is 3.54. The van der Waals surface area contributed by atoms with Gasteiger partial charge in [0.05, 0.1) is 12.2 Å². The summed E-state index contributed by atoms with van der Waals surface area (Å²) in [6.45, 7) is 0.834. The van der Waals surface area contributed by atoms with Crippen molar-refractivity contribution in [3.05, 3.63) is 40.7 Å². The van der Waals surface area contributed by atoms with E-state index in [0.717, 1.165) is 12.8 Å². The second-order valence-corrected chi connectivity index (χ2v) is 5.37. The van der Waals surface area contributed by atoms with Gasteiger partial charge in [0, 0.05) is 10.9 Å². The Morgan fingerprint density at radius 2 is 2.29 bits per heavy atom. The molecule has 0 aliphatic heterocycles. The van der Waals surface area contributed by atoms with E-state index >= 15 is 0 Å². The van der Waals surface area contributed by atoms with Crippen molar-refractivity contribution in [2.24, 2.45) is 0 Å². The van der Waals surface area contributed by atoms with Crippen LogP contribution in [0.4, 0.5) is 0 Å². The lowest BCUT2D eigenvalue weighted by molar-refractivity contribution is 0.0689. The van der Waals surface area contributed by atoms with Gasteiger partial charge in [-0.1, -0.05) is 22.9 Å². The van der Waals surface area contributed by atoms with E-state index < -0.39 is 5.97 Å². The first-order chi connectivity index (χ1) is 10.1. The van der Waals surface area contributed by atoms with Crippen LogP contribution in [-0.4, -0.2) is 32.7 Å². The Bertz CT molecular complexity index is 667. The molecular weight excluding hydrogens is 294 g/mol. The zero-order valence-electron chi connectivity index (χ0n) is 11.2. The molecular formula is C14H14ClN3O3. The molecule has 3 rings (SSSR count). The van der Waals surface area contributed by atoms with Gasteiger partial charge < -0.3 is 9.84 Å². The number of aromatic nitrogens is 3. The van der Waals surface area contributed by atoms with Crippen LogP contribution in [0.5, 0.6) is 5.75 Å². The number of hydrogen-bond acceptors (Lipinski definition) is 4. The van der Waals surface area contributed by atoms with E-state index in [1.165, 1.54) is 0 Å². The van der Waals surface area contributed by atoms with Crippen LogP contribution >= 0.6 is 11.6 Å². The molecule has 1 aromatic carbocycles. The number of hydrogen-bond donors (Lipinski definition) is 1. The van der Waals surface area contributed by atoms with Gasteiger partial charge in [-0.2, -0.15) is 0 Å². The number of carbonyl (C=O) groups is 1. The summed E-state index contributed by atoms with van der Waals surface area (Å²) in [5, 5.41) is 17.4. The van der Waals surface area contributed by atoms with Crippen molar-refractivity contribution in [2.75, 3.05) is 6.61 Å². The zero-order chi connectivity index (χ0) is 14.8. The Kier molecular flexibility index (Phi) is 3.79. The maximum Gasteiger partial charge on any atom is 0.358 e. The molecule has 0 saturated heterocycles. The molecule has 1 N–H and O–H groups in total. The second kappa shape index (κ2) is 5.73. The highest BCUT2D eigenvalue weighted by molar-refractivity contribution is 6.30. The van der Waals surface area contributed by atoms with Crippen molar-refractivity contribution in [3.63, 3.8) is 0 Å². The normalized spacial score (nSPS) is 14.1. The first kappa shape index (κ1) is 13.9. The first-order valence-electron chi connectivity index (χ1n) is 6.70. The van der Waals surface area contributed by atoms with Crippen molar-refractivity contribution >= 4 is 17.6 Å². The maximum atomic E-state index is 11.1. The summed E-state index contributed by atoms with van der Waals surface area (Å²) < 4.78 is 7.23. The Morgan fingerprint density at radius 1 is 1.48 bits per heavy atom. The van der Waals surface area contributed by atoms with Crippen LogP contribution in [0.25, 0.3) is 0 Å². The molecule has 0 radical (unpaired) electrons. The number of rotatable bonds is 6. The highest BCUT2D eigenvalue weighted by Crippen LogP contribution is 2.41. The Labute approximate surface area is 126 Å². The minimum Gasteiger partial charge on any atom is -0.492 e. The molecule has 0 spiro atoms. The fraction of sp³-hybridized carbons (Fsp3) is 0.357. The number of carboxylic acids is 1. The minimum absolute atomic E-state index is 0.0558. The molecule has 1 saturated carbocycles. The predicted octanol–water partition coefficient (Wildman–Crippen LogP) is 2.59. The van der Waals surface area contributed by atoms with Gasteiger partial charge in [0.25, 0.3) is 0 Å². The average Bonchev–Trinajstić information content (AvgIpc) is 3.19. The van der Waals surface area contributed by atoms with Crippen LogP contribution in [-0.2, 0) is 6.54 Å². The number of benzene rings is 1. The molecule has 110 valence electrons. The molecule has 2 aromatic rings. The summed E-state index contributed by atoms with van der Waals surface area (Å²) in [5.74, 6) is -0.0924. The standard InChI is InChI=1S/C14H14ClN3O3/c15-10-2-1-3-11(8-10)21-7-6-18-13(9-4-5-9)12(14(19)20)16-17-18/h1-3,8-9H,4-7H2,(H,19,20). The van der Waals surface area contributed by atoms with Gasteiger partial charge in [-0.15, -0.1) is 5.10 Å². The topological polar surface area (TPSA) is 77.2 Å². The summed E-state index contributed by atoms with van der Waals surface area (Å²) in [6, 6.07) is 7.13. The SMILES string of the molecule is O=C(O)c1nnn(CCOc2cccc(Cl)c2)c1C1CC1. The molecule has 0 atom stereocenters. The van der Waals surface area contributed by atoms with E-state index in [-0.39, 0.29) is 11.6 Å². The Balaban J connectivity index is 1.67. The molecule has 0 unspecified atom stereocenters. The molecule has 1 aromatic heterocycles. The minimum atomic E-state index is -1.03. The third-order valence-electron chi connectivity index (χ3n) is 3.31. The van der Waals surface area contributed by atoms with Crippen LogP contribution in [0.3, 0.4) is 0 Å². The van der Waals surface area contributed by atoms with Crippen LogP contribution in [0.2, 0.25) is 5.02 Å². The number of carboxylic acid groups (broad SMARTS) is 1. The second-order valence-electron chi connectivity index (χ2n) is 4.93. The summed E-state index contributed by atoms with van der Waals surface area (Å²) in [4.78, 5) is 11.1. The van der Waals surface area contributed by atoms with E-state index in [1.54, 1.807) is 16.8 Å². The molecule has 0 bridgehead atoms. The van der Waals surface area contributed by atoms with E-state index in [2.05, 4.69) is 10.3 Å². The van der Waals surface area contributed by atoms with Crippen LogP contribution in [0.15, 0.2) is 24.3 Å². The Hall–Kier alpha value is -2.08. The van der Waals surface area contributed by atoms with Crippen molar-refractivity contribution < 1.29 is 14.6 Å². The largest absolute Gasteiger partial charge is 0.492 e. The highest BCUT2D eigenvalue weighted by Gasteiger charge is 2.33. The van der Waals surface area contributed by atoms with Crippen molar-refractivity contribution in [2.45, 2.75) is 25.3 Å². The van der Waals surface area contributed by atoms with Crippen molar-refractivity contribution in [3.8, 4) is 5.75 Å². The number of aromatic carboxylic acids is 1. The van der Waals surface area contributed by atoms with Crippen LogP contribution in [0.1, 0.15) is 34.9 Å². The van der Waals surface area contributed by atoms with Gasteiger partial charge >= 0.3 is 5.97 Å². The van der Waals surface area contributed by atoms with Gasteiger partial charge in [-0.25, -0.2) is 9.48 Å². The van der Waals surface area contributed by atoms with E-state index in [1.807, 2.05) is 12.1 Å². The van der Waals surface area contributed by atoms with Crippen LogP contribution < -0.4 is 4.74 Å². The van der Waals surface area contributed by atoms with Gasteiger partial charge in [0.2, 0.25) is 0 Å². The van der Waals surface area contributed by atoms with Crippen molar-refractivity contribution in [1.82, 2.24) is 15.0 Å². The first-order valence-corrected chi connectivity index (χ1v) is 7.08. The molecule has 7 heteroatoms. The van der Waals surface area contributed by atoms with E-state index in [4.69, 9.17) is 21.4 Å². The predicted molar refractivity (Wildman–Crippen MR) is 75.9 cm³/mol. The molecule has 1 aliphatic rings. The van der Waals surface area contributed by atoms with Crippen molar-refractivity contribution in [1.29, 1.82) is 0 Å². The summed E-state index contributed by atoms with van der Waals surface area (Å²) in [6.07, 6.45) is 1.98. The highest BCUT2D eigenvalue weighted by atomic mass is 35.5. The van der Waals surface area contributed by atoms with Gasteiger partial charge in [-0.3, -0.25) is 0 Å². The Morgan fingerprint density at radius 3 is 2.95 bits per heavy atom. The fourth-order valence-corrected chi connectivity index (χ4v) is 2.39. The summed E-state index contributed by atoms with van der Waals surface area (Å²) in [7, 11) is 0.